The molecule has 2 fully saturated rings. The summed E-state index contributed by atoms with van der Waals surface area (Å²) in [6.45, 7) is 9.47. The second-order valence-corrected chi connectivity index (χ2v) is 8.49. The summed E-state index contributed by atoms with van der Waals surface area (Å²) in [6.07, 6.45) is 10.4. The average Bonchev–Trinajstić information content (AvgIpc) is 2.38. The number of hydrogen-bond donors (Lipinski definition) is 1. The third-order valence-corrected chi connectivity index (χ3v) is 6.02. The van der Waals surface area contributed by atoms with Gasteiger partial charge in [-0.3, -0.25) is 0 Å². The van der Waals surface area contributed by atoms with Crippen LogP contribution in [0.1, 0.15) is 79.1 Å². The lowest BCUT2D eigenvalue weighted by molar-refractivity contribution is -0.00139. The summed E-state index contributed by atoms with van der Waals surface area (Å²) in [5.41, 5.74) is 0.455. The van der Waals surface area contributed by atoms with Gasteiger partial charge < -0.3 is 5.11 Å². The minimum Gasteiger partial charge on any atom is -0.393 e. The molecule has 0 aliphatic heterocycles. The molecule has 0 saturated heterocycles. The van der Waals surface area contributed by atoms with E-state index in [9.17, 15) is 5.11 Å². The molecule has 0 heterocycles. The van der Waals surface area contributed by atoms with Gasteiger partial charge in [-0.2, -0.15) is 0 Å². The van der Waals surface area contributed by atoms with Crippen molar-refractivity contribution in [3.05, 3.63) is 0 Å². The summed E-state index contributed by atoms with van der Waals surface area (Å²) in [5, 5.41) is 10.7. The maximum absolute atomic E-state index is 10.7. The maximum atomic E-state index is 10.7. The Morgan fingerprint density at radius 2 is 1.21 bits per heavy atom. The Morgan fingerprint density at radius 3 is 1.63 bits per heavy atom. The Hall–Kier alpha value is -0.0400. The van der Waals surface area contributed by atoms with Gasteiger partial charge in [-0.25, -0.2) is 0 Å². The van der Waals surface area contributed by atoms with Crippen LogP contribution in [-0.2, 0) is 0 Å². The summed E-state index contributed by atoms with van der Waals surface area (Å²) in [5.74, 6) is 2.95. The SMILES string of the molecule is CC1CCC(C(O)C2CCC(C(C)(C)C)CC2)CC1. The fraction of sp³-hybridized carbons (Fsp3) is 1.00. The first-order valence-corrected chi connectivity index (χ1v) is 8.56. The van der Waals surface area contributed by atoms with Crippen molar-refractivity contribution in [1.82, 2.24) is 0 Å². The molecule has 2 rings (SSSR count). The van der Waals surface area contributed by atoms with E-state index in [0.717, 1.165) is 11.8 Å². The monoisotopic (exact) mass is 266 g/mol. The van der Waals surface area contributed by atoms with E-state index in [-0.39, 0.29) is 6.10 Å². The van der Waals surface area contributed by atoms with E-state index in [0.29, 0.717) is 17.3 Å². The van der Waals surface area contributed by atoms with Gasteiger partial charge in [0.15, 0.2) is 0 Å². The first-order chi connectivity index (χ1) is 8.88. The Kier molecular flexibility index (Phi) is 4.98. The van der Waals surface area contributed by atoms with Gasteiger partial charge in [0.05, 0.1) is 6.10 Å². The van der Waals surface area contributed by atoms with E-state index >= 15 is 0 Å². The van der Waals surface area contributed by atoms with Crippen LogP contribution < -0.4 is 0 Å². The molecule has 2 aliphatic rings. The maximum Gasteiger partial charge on any atom is 0.0596 e. The number of aliphatic hydroxyl groups is 1. The zero-order valence-corrected chi connectivity index (χ0v) is 13.5. The number of rotatable bonds is 2. The van der Waals surface area contributed by atoms with Crippen molar-refractivity contribution in [2.24, 2.45) is 29.1 Å². The third-order valence-electron chi connectivity index (χ3n) is 6.02. The van der Waals surface area contributed by atoms with E-state index < -0.39 is 0 Å². The van der Waals surface area contributed by atoms with Gasteiger partial charge in [0.1, 0.15) is 0 Å². The van der Waals surface area contributed by atoms with Crippen LogP contribution in [-0.4, -0.2) is 11.2 Å². The van der Waals surface area contributed by atoms with E-state index in [1.165, 1.54) is 51.4 Å². The van der Waals surface area contributed by atoms with Gasteiger partial charge in [-0.15, -0.1) is 0 Å². The first kappa shape index (κ1) is 15.4. The summed E-state index contributed by atoms with van der Waals surface area (Å²) in [6, 6.07) is 0. The normalized spacial score (nSPS) is 39.0. The molecule has 1 N–H and O–H groups in total. The number of aliphatic hydroxyl groups excluding tert-OH is 1. The van der Waals surface area contributed by atoms with Crippen molar-refractivity contribution in [3.63, 3.8) is 0 Å². The molecule has 0 bridgehead atoms. The summed E-state index contributed by atoms with van der Waals surface area (Å²) in [4.78, 5) is 0. The third kappa shape index (κ3) is 3.97. The molecule has 19 heavy (non-hydrogen) atoms. The van der Waals surface area contributed by atoms with Crippen LogP contribution in [0.15, 0.2) is 0 Å². The van der Waals surface area contributed by atoms with E-state index in [2.05, 4.69) is 27.7 Å². The minimum absolute atomic E-state index is 0.00609. The fourth-order valence-electron chi connectivity index (χ4n) is 4.34. The predicted octanol–water partition coefficient (Wildman–Crippen LogP) is 5.03. The van der Waals surface area contributed by atoms with Crippen molar-refractivity contribution >= 4 is 0 Å². The lowest BCUT2D eigenvalue weighted by Crippen LogP contribution is -2.36. The van der Waals surface area contributed by atoms with Crippen LogP contribution in [0.3, 0.4) is 0 Å². The lowest BCUT2D eigenvalue weighted by Gasteiger charge is -2.41. The van der Waals surface area contributed by atoms with Crippen molar-refractivity contribution < 1.29 is 5.11 Å². The van der Waals surface area contributed by atoms with E-state index in [1.54, 1.807) is 0 Å². The molecule has 0 radical (unpaired) electrons. The van der Waals surface area contributed by atoms with E-state index in [1.807, 2.05) is 0 Å². The molecule has 0 aromatic heterocycles. The van der Waals surface area contributed by atoms with Gasteiger partial charge >= 0.3 is 0 Å². The molecule has 0 amide bonds. The van der Waals surface area contributed by atoms with Crippen LogP contribution in [0.4, 0.5) is 0 Å². The fourth-order valence-corrected chi connectivity index (χ4v) is 4.34. The Balaban J connectivity index is 1.81. The van der Waals surface area contributed by atoms with Gasteiger partial charge in [0.25, 0.3) is 0 Å². The molecule has 1 heteroatoms. The molecule has 1 atom stereocenters. The average molecular weight is 266 g/mol. The molecule has 1 nitrogen and oxygen atoms in total. The zero-order chi connectivity index (χ0) is 14.0. The smallest absolute Gasteiger partial charge is 0.0596 e. The summed E-state index contributed by atoms with van der Waals surface area (Å²) in [7, 11) is 0. The second kappa shape index (κ2) is 6.16. The topological polar surface area (TPSA) is 20.2 Å². The van der Waals surface area contributed by atoms with Gasteiger partial charge in [-0.1, -0.05) is 40.5 Å². The molecule has 2 saturated carbocycles. The molecule has 2 aliphatic carbocycles. The predicted molar refractivity (Wildman–Crippen MR) is 82.0 cm³/mol. The van der Waals surface area contributed by atoms with Crippen molar-refractivity contribution in [2.45, 2.75) is 85.2 Å². The molecular weight excluding hydrogens is 232 g/mol. The molecule has 1 unspecified atom stereocenters. The molecule has 0 aromatic rings. The number of hydrogen-bond acceptors (Lipinski definition) is 1. The quantitative estimate of drug-likeness (QED) is 0.743. The van der Waals surface area contributed by atoms with Crippen LogP contribution in [0.5, 0.6) is 0 Å². The zero-order valence-electron chi connectivity index (χ0n) is 13.5. The second-order valence-electron chi connectivity index (χ2n) is 8.49. The molecule has 0 aromatic carbocycles. The van der Waals surface area contributed by atoms with Gasteiger partial charge in [0.2, 0.25) is 0 Å². The minimum atomic E-state index is -0.00609. The summed E-state index contributed by atoms with van der Waals surface area (Å²) < 4.78 is 0. The highest BCUT2D eigenvalue weighted by Crippen LogP contribution is 2.43. The Bertz CT molecular complexity index is 262. The van der Waals surface area contributed by atoms with Gasteiger partial charge in [0, 0.05) is 0 Å². The first-order valence-electron chi connectivity index (χ1n) is 8.56. The summed E-state index contributed by atoms with van der Waals surface area (Å²) >= 11 is 0. The highest BCUT2D eigenvalue weighted by molar-refractivity contribution is 4.86. The molecule has 112 valence electrons. The largest absolute Gasteiger partial charge is 0.393 e. The molecular formula is C18H34O. The Labute approximate surface area is 120 Å². The van der Waals surface area contributed by atoms with Crippen molar-refractivity contribution in [1.29, 1.82) is 0 Å². The highest BCUT2D eigenvalue weighted by atomic mass is 16.3. The highest BCUT2D eigenvalue weighted by Gasteiger charge is 2.35. The van der Waals surface area contributed by atoms with Crippen LogP contribution in [0.25, 0.3) is 0 Å². The van der Waals surface area contributed by atoms with E-state index in [4.69, 9.17) is 0 Å². The standard InChI is InChI=1S/C18H34O/c1-13-5-7-14(8-6-13)17(19)15-9-11-16(12-10-15)18(2,3)4/h13-17,19H,5-12H2,1-4H3. The van der Waals surface area contributed by atoms with Crippen LogP contribution in [0, 0.1) is 29.1 Å². The van der Waals surface area contributed by atoms with Crippen LogP contribution in [0.2, 0.25) is 0 Å². The Morgan fingerprint density at radius 1 is 0.789 bits per heavy atom. The molecule has 0 spiro atoms. The lowest BCUT2D eigenvalue weighted by atomic mass is 9.66. The van der Waals surface area contributed by atoms with Crippen LogP contribution >= 0.6 is 0 Å². The van der Waals surface area contributed by atoms with Gasteiger partial charge in [-0.05, 0) is 67.6 Å². The van der Waals surface area contributed by atoms with Crippen molar-refractivity contribution in [3.8, 4) is 0 Å². The van der Waals surface area contributed by atoms with Crippen molar-refractivity contribution in [2.75, 3.05) is 0 Å².